The summed E-state index contributed by atoms with van der Waals surface area (Å²) >= 11 is 0. The Morgan fingerprint density at radius 1 is 0.200 bits per heavy atom. The Morgan fingerprint density at radius 2 is 0.575 bits per heavy atom. The molecule has 0 saturated heterocycles. The summed E-state index contributed by atoms with van der Waals surface area (Å²) in [6.07, 6.45) is 7.20. The fourth-order valence-corrected chi connectivity index (χ4v) is 11.4. The maximum absolute atomic E-state index is 5.18. The zero-order valence-electron chi connectivity index (χ0n) is 43.2. The van der Waals surface area contributed by atoms with E-state index in [4.69, 9.17) is 19.9 Å². The van der Waals surface area contributed by atoms with E-state index >= 15 is 0 Å². The van der Waals surface area contributed by atoms with E-state index in [2.05, 4.69) is 240 Å². The monoisotopic (exact) mass is 1020 g/mol. The molecule has 0 aliphatic rings. The molecule has 80 heavy (non-hydrogen) atoms. The van der Waals surface area contributed by atoms with Crippen LogP contribution in [0.4, 0.5) is 0 Å². The highest BCUT2D eigenvalue weighted by molar-refractivity contribution is 6.15. The number of rotatable bonds is 6. The first kappa shape index (κ1) is 46.5. The van der Waals surface area contributed by atoms with Crippen molar-refractivity contribution in [3.8, 4) is 67.3 Å². The van der Waals surface area contributed by atoms with E-state index in [0.29, 0.717) is 0 Å². The minimum atomic E-state index is 0.944. The summed E-state index contributed by atoms with van der Waals surface area (Å²) < 4.78 is 0. The average Bonchev–Trinajstić information content (AvgIpc) is 3.57. The lowest BCUT2D eigenvalue weighted by Crippen LogP contribution is -1.90. The van der Waals surface area contributed by atoms with Gasteiger partial charge in [0, 0.05) is 68.6 Å². The molecule has 6 heterocycles. The Balaban J connectivity index is 0.000000138. The van der Waals surface area contributed by atoms with E-state index in [-0.39, 0.29) is 0 Å². The van der Waals surface area contributed by atoms with E-state index in [1.807, 2.05) is 24.3 Å². The first-order valence-corrected chi connectivity index (χ1v) is 26.9. The molecule has 0 N–H and O–H groups in total. The molecule has 6 heteroatoms. The van der Waals surface area contributed by atoms with Gasteiger partial charge in [0.1, 0.15) is 0 Å². The molecule has 372 valence electrons. The molecular formula is C74H46N6. The minimum Gasteiger partial charge on any atom is -0.265 e. The second-order valence-electron chi connectivity index (χ2n) is 20.3. The van der Waals surface area contributed by atoms with Crippen LogP contribution in [-0.4, -0.2) is 29.9 Å². The lowest BCUT2D eigenvalue weighted by molar-refractivity contribution is 1.31. The van der Waals surface area contributed by atoms with Crippen LogP contribution in [0.15, 0.2) is 280 Å². The summed E-state index contributed by atoms with van der Waals surface area (Å²) in [5.74, 6) is 0. The van der Waals surface area contributed by atoms with Crippen LogP contribution in [0.25, 0.3) is 154 Å². The summed E-state index contributed by atoms with van der Waals surface area (Å²) in [7, 11) is 0. The number of fused-ring (bicyclic) bond motifs is 10. The number of pyridine rings is 6. The van der Waals surface area contributed by atoms with Gasteiger partial charge in [-0.3, -0.25) is 9.97 Å². The zero-order chi connectivity index (χ0) is 52.9. The third-order valence-electron chi connectivity index (χ3n) is 15.5. The van der Waals surface area contributed by atoms with Crippen LogP contribution in [-0.2, 0) is 0 Å². The lowest BCUT2D eigenvalue weighted by atomic mass is 9.95. The molecule has 0 atom stereocenters. The molecule has 0 aliphatic heterocycles. The highest BCUT2D eigenvalue weighted by atomic mass is 14.7. The van der Waals surface area contributed by atoms with E-state index in [1.54, 1.807) is 24.8 Å². The molecule has 16 rings (SSSR count). The second kappa shape index (κ2) is 19.6. The van der Waals surface area contributed by atoms with Crippen LogP contribution >= 0.6 is 0 Å². The Hall–Kier alpha value is -10.8. The summed E-state index contributed by atoms with van der Waals surface area (Å²) in [6, 6.07) is 89.9. The molecular weight excluding hydrogens is 973 g/mol. The van der Waals surface area contributed by atoms with Crippen LogP contribution in [0.3, 0.4) is 0 Å². The number of benzene rings is 10. The number of nitrogens with zero attached hydrogens (tertiary/aromatic N) is 6. The van der Waals surface area contributed by atoms with E-state index in [9.17, 15) is 0 Å². The van der Waals surface area contributed by atoms with Crippen molar-refractivity contribution >= 4 is 86.7 Å². The van der Waals surface area contributed by atoms with Crippen molar-refractivity contribution in [2.45, 2.75) is 0 Å². The highest BCUT2D eigenvalue weighted by Gasteiger charge is 2.14. The molecule has 0 amide bonds. The van der Waals surface area contributed by atoms with Gasteiger partial charge in [-0.2, -0.15) is 0 Å². The zero-order valence-corrected chi connectivity index (χ0v) is 43.2. The SMILES string of the molecule is c1ccc2c(c1)cc(-c1ccc3ccc(-c4ccc5ccc(-c6ccncc6)nc5c4)cc3n1)c1ccccc12.c1ccc2c(c1)ccc1cccc(-c3ccc4ccc(-c5ccc6ccc(-c7ccncc7)nc6c5)cc4n3)c12. The van der Waals surface area contributed by atoms with Crippen molar-refractivity contribution in [2.24, 2.45) is 0 Å². The predicted molar refractivity (Wildman–Crippen MR) is 332 cm³/mol. The Bertz CT molecular complexity index is 4870. The van der Waals surface area contributed by atoms with Crippen molar-refractivity contribution < 1.29 is 0 Å². The molecule has 0 saturated carbocycles. The summed E-state index contributed by atoms with van der Waals surface area (Å²) in [6.45, 7) is 0. The van der Waals surface area contributed by atoms with Crippen molar-refractivity contribution in [2.75, 3.05) is 0 Å². The number of hydrogen-bond donors (Lipinski definition) is 0. The summed E-state index contributed by atoms with van der Waals surface area (Å²) in [5, 5.41) is 14.4. The number of hydrogen-bond acceptors (Lipinski definition) is 6. The molecule has 0 spiro atoms. The van der Waals surface area contributed by atoms with Gasteiger partial charge in [-0.25, -0.2) is 19.9 Å². The molecule has 10 aromatic carbocycles. The summed E-state index contributed by atoms with van der Waals surface area (Å²) in [5.41, 5.74) is 16.7. The second-order valence-corrected chi connectivity index (χ2v) is 20.3. The average molecular weight is 1020 g/mol. The number of aromatic nitrogens is 6. The van der Waals surface area contributed by atoms with Crippen molar-refractivity contribution in [1.82, 2.24) is 29.9 Å². The van der Waals surface area contributed by atoms with E-state index in [1.165, 1.54) is 43.1 Å². The smallest absolute Gasteiger partial charge is 0.0716 e. The highest BCUT2D eigenvalue weighted by Crippen LogP contribution is 2.38. The van der Waals surface area contributed by atoms with Crippen molar-refractivity contribution in [1.29, 1.82) is 0 Å². The third-order valence-corrected chi connectivity index (χ3v) is 15.5. The van der Waals surface area contributed by atoms with Gasteiger partial charge in [-0.1, -0.05) is 176 Å². The summed E-state index contributed by atoms with van der Waals surface area (Å²) in [4.78, 5) is 28.5. The van der Waals surface area contributed by atoms with Gasteiger partial charge in [0.2, 0.25) is 0 Å². The van der Waals surface area contributed by atoms with E-state index in [0.717, 1.165) is 111 Å². The van der Waals surface area contributed by atoms with Crippen LogP contribution < -0.4 is 0 Å². The molecule has 0 fully saturated rings. The first-order chi connectivity index (χ1) is 39.6. The van der Waals surface area contributed by atoms with Gasteiger partial charge in [0.05, 0.1) is 44.8 Å². The van der Waals surface area contributed by atoms with Gasteiger partial charge in [-0.05, 0) is 144 Å². The molecule has 0 unspecified atom stereocenters. The largest absolute Gasteiger partial charge is 0.265 e. The third kappa shape index (κ3) is 8.58. The predicted octanol–water partition coefficient (Wildman–Crippen LogP) is 19.0. The topological polar surface area (TPSA) is 77.3 Å². The fourth-order valence-electron chi connectivity index (χ4n) is 11.4. The van der Waals surface area contributed by atoms with Crippen molar-refractivity contribution in [3.63, 3.8) is 0 Å². The molecule has 0 bridgehead atoms. The molecule has 16 aromatic rings. The lowest BCUT2D eigenvalue weighted by Gasteiger charge is -2.12. The normalized spacial score (nSPS) is 11.5. The van der Waals surface area contributed by atoms with Crippen LogP contribution in [0.5, 0.6) is 0 Å². The standard InChI is InChI=1S/2C37H23N3/c1-2-6-30-29(5-1)21-33(32-8-4-3-7-31(30)32)35-16-14-25-10-12-28(23-37(25)40-35)27-11-9-24-13-15-34(39-36(24)22-27)26-17-19-38-20-18-26;1-2-6-31-24(4-1)8-11-28-5-3-7-32(37(28)31)34-17-15-26-10-13-30(23-36(26)40-34)29-12-9-25-14-16-33(39-35(25)22-29)27-18-20-38-21-19-27/h2*1-23H. The van der Waals surface area contributed by atoms with Gasteiger partial charge in [-0.15, -0.1) is 0 Å². The Kier molecular flexibility index (Phi) is 11.4. The van der Waals surface area contributed by atoms with Gasteiger partial charge < -0.3 is 0 Å². The quantitative estimate of drug-likeness (QED) is 0.154. The maximum atomic E-state index is 5.18. The Labute approximate surface area is 461 Å². The van der Waals surface area contributed by atoms with Crippen LogP contribution in [0.2, 0.25) is 0 Å². The molecule has 0 radical (unpaired) electrons. The maximum Gasteiger partial charge on any atom is 0.0716 e. The van der Waals surface area contributed by atoms with Crippen molar-refractivity contribution in [3.05, 3.63) is 280 Å². The van der Waals surface area contributed by atoms with Gasteiger partial charge in [0.15, 0.2) is 0 Å². The van der Waals surface area contributed by atoms with Crippen LogP contribution in [0, 0.1) is 0 Å². The fraction of sp³-hybridized carbons (Fsp3) is 0. The first-order valence-electron chi connectivity index (χ1n) is 26.9. The molecule has 6 aromatic heterocycles. The van der Waals surface area contributed by atoms with Gasteiger partial charge >= 0.3 is 0 Å². The van der Waals surface area contributed by atoms with Crippen LogP contribution in [0.1, 0.15) is 0 Å². The molecule has 0 aliphatic carbocycles. The minimum absolute atomic E-state index is 0.944. The Morgan fingerprint density at radius 3 is 1.10 bits per heavy atom. The van der Waals surface area contributed by atoms with E-state index < -0.39 is 0 Å². The van der Waals surface area contributed by atoms with Gasteiger partial charge in [0.25, 0.3) is 0 Å². The molecule has 6 nitrogen and oxygen atoms in total.